The standard InChI is InChI=1S/C11H11N3O2/c1-8-10(16-7-14-8)6-13-11(15)9-2-4-12-5-3-9/h2-5,7H,6H2,1H3,(H,13,15). The van der Waals surface area contributed by atoms with Gasteiger partial charge in [0, 0.05) is 18.0 Å². The third-order valence-corrected chi connectivity index (χ3v) is 2.20. The van der Waals surface area contributed by atoms with Gasteiger partial charge in [-0.1, -0.05) is 0 Å². The quantitative estimate of drug-likeness (QED) is 0.841. The molecule has 1 amide bonds. The number of carbonyl (C=O) groups excluding carboxylic acids is 1. The van der Waals surface area contributed by atoms with Crippen LogP contribution in [0.3, 0.4) is 0 Å². The lowest BCUT2D eigenvalue weighted by atomic mass is 10.2. The fraction of sp³-hybridized carbons (Fsp3) is 0.182. The molecule has 2 aromatic rings. The van der Waals surface area contributed by atoms with Crippen LogP contribution in [-0.2, 0) is 6.54 Å². The van der Waals surface area contributed by atoms with E-state index in [1.165, 1.54) is 6.39 Å². The Kier molecular flexibility index (Phi) is 2.95. The Morgan fingerprint density at radius 1 is 1.44 bits per heavy atom. The maximum Gasteiger partial charge on any atom is 0.251 e. The van der Waals surface area contributed by atoms with Crippen LogP contribution >= 0.6 is 0 Å². The number of nitrogens with one attached hydrogen (secondary N) is 1. The van der Waals surface area contributed by atoms with Crippen molar-refractivity contribution in [2.75, 3.05) is 0 Å². The molecule has 0 spiro atoms. The Labute approximate surface area is 92.5 Å². The summed E-state index contributed by atoms with van der Waals surface area (Å²) in [5, 5.41) is 2.74. The highest BCUT2D eigenvalue weighted by Crippen LogP contribution is 2.04. The summed E-state index contributed by atoms with van der Waals surface area (Å²) in [6.07, 6.45) is 4.52. The molecule has 16 heavy (non-hydrogen) atoms. The van der Waals surface area contributed by atoms with Crippen LogP contribution in [0.5, 0.6) is 0 Å². The molecule has 0 radical (unpaired) electrons. The molecule has 0 fully saturated rings. The smallest absolute Gasteiger partial charge is 0.251 e. The number of rotatable bonds is 3. The van der Waals surface area contributed by atoms with E-state index in [0.717, 1.165) is 5.69 Å². The first-order valence-corrected chi connectivity index (χ1v) is 4.84. The summed E-state index contributed by atoms with van der Waals surface area (Å²) in [4.78, 5) is 19.4. The minimum atomic E-state index is -0.154. The summed E-state index contributed by atoms with van der Waals surface area (Å²) < 4.78 is 5.11. The number of nitrogens with zero attached hydrogens (tertiary/aromatic N) is 2. The minimum Gasteiger partial charge on any atom is -0.446 e. The minimum absolute atomic E-state index is 0.154. The average Bonchev–Trinajstić information content (AvgIpc) is 2.73. The summed E-state index contributed by atoms with van der Waals surface area (Å²) in [5.74, 6) is 0.514. The first-order valence-electron chi connectivity index (χ1n) is 4.84. The van der Waals surface area contributed by atoms with Crippen molar-refractivity contribution < 1.29 is 9.21 Å². The number of aromatic nitrogens is 2. The molecule has 0 bridgehead atoms. The van der Waals surface area contributed by atoms with Crippen molar-refractivity contribution in [2.45, 2.75) is 13.5 Å². The van der Waals surface area contributed by atoms with E-state index >= 15 is 0 Å². The van der Waals surface area contributed by atoms with Gasteiger partial charge >= 0.3 is 0 Å². The second-order valence-electron chi connectivity index (χ2n) is 3.28. The molecule has 5 heteroatoms. The largest absolute Gasteiger partial charge is 0.446 e. The fourth-order valence-corrected chi connectivity index (χ4v) is 1.26. The van der Waals surface area contributed by atoms with E-state index in [9.17, 15) is 4.79 Å². The fourth-order valence-electron chi connectivity index (χ4n) is 1.26. The van der Waals surface area contributed by atoms with Crippen molar-refractivity contribution in [3.63, 3.8) is 0 Å². The number of carbonyl (C=O) groups is 1. The Bertz CT molecular complexity index is 479. The predicted molar refractivity (Wildman–Crippen MR) is 56.6 cm³/mol. The van der Waals surface area contributed by atoms with Crippen molar-refractivity contribution in [1.29, 1.82) is 0 Å². The molecule has 0 atom stereocenters. The zero-order valence-corrected chi connectivity index (χ0v) is 8.80. The molecule has 2 heterocycles. The van der Waals surface area contributed by atoms with E-state index in [1.54, 1.807) is 24.5 Å². The maximum absolute atomic E-state index is 11.7. The lowest BCUT2D eigenvalue weighted by Crippen LogP contribution is -2.22. The number of amides is 1. The summed E-state index contributed by atoms with van der Waals surface area (Å²) in [7, 11) is 0. The number of pyridine rings is 1. The third-order valence-electron chi connectivity index (χ3n) is 2.20. The highest BCUT2D eigenvalue weighted by Gasteiger charge is 2.07. The summed E-state index contributed by atoms with van der Waals surface area (Å²) >= 11 is 0. The van der Waals surface area contributed by atoms with E-state index in [0.29, 0.717) is 17.9 Å². The van der Waals surface area contributed by atoms with E-state index in [2.05, 4.69) is 15.3 Å². The molecule has 0 aliphatic rings. The van der Waals surface area contributed by atoms with Gasteiger partial charge in [0.2, 0.25) is 0 Å². The summed E-state index contributed by atoms with van der Waals surface area (Å²) in [6, 6.07) is 3.31. The molecule has 0 saturated heterocycles. The zero-order valence-electron chi connectivity index (χ0n) is 8.80. The molecule has 2 aromatic heterocycles. The van der Waals surface area contributed by atoms with E-state index < -0.39 is 0 Å². The van der Waals surface area contributed by atoms with Crippen LogP contribution in [0.4, 0.5) is 0 Å². The first-order chi connectivity index (χ1) is 7.77. The molecule has 0 aliphatic carbocycles. The second kappa shape index (κ2) is 4.57. The van der Waals surface area contributed by atoms with Crippen molar-refractivity contribution in [2.24, 2.45) is 0 Å². The molecule has 0 aromatic carbocycles. The molecule has 1 N–H and O–H groups in total. The first kappa shape index (κ1) is 10.4. The van der Waals surface area contributed by atoms with Crippen molar-refractivity contribution in [3.05, 3.63) is 47.9 Å². The molecule has 0 saturated carbocycles. The number of hydrogen-bond acceptors (Lipinski definition) is 4. The molecular weight excluding hydrogens is 206 g/mol. The van der Waals surface area contributed by atoms with Gasteiger partial charge in [-0.15, -0.1) is 0 Å². The maximum atomic E-state index is 11.7. The topological polar surface area (TPSA) is 68.0 Å². The van der Waals surface area contributed by atoms with Crippen molar-refractivity contribution >= 4 is 5.91 Å². The molecule has 0 aliphatic heterocycles. The highest BCUT2D eigenvalue weighted by atomic mass is 16.3. The Hall–Kier alpha value is -2.17. The normalized spacial score (nSPS) is 10.1. The van der Waals surface area contributed by atoms with E-state index in [-0.39, 0.29) is 5.91 Å². The SMILES string of the molecule is Cc1ncoc1CNC(=O)c1ccncc1. The van der Waals surface area contributed by atoms with Crippen LogP contribution in [0, 0.1) is 6.92 Å². The van der Waals surface area contributed by atoms with Gasteiger partial charge in [-0.2, -0.15) is 0 Å². The number of aryl methyl sites for hydroxylation is 1. The molecule has 82 valence electrons. The summed E-state index contributed by atoms with van der Waals surface area (Å²) in [5.41, 5.74) is 1.36. The Morgan fingerprint density at radius 2 is 2.19 bits per heavy atom. The van der Waals surface area contributed by atoms with E-state index in [4.69, 9.17) is 4.42 Å². The zero-order chi connectivity index (χ0) is 11.4. The van der Waals surface area contributed by atoms with Gasteiger partial charge in [-0.05, 0) is 19.1 Å². The van der Waals surface area contributed by atoms with Crippen LogP contribution in [0.1, 0.15) is 21.8 Å². The van der Waals surface area contributed by atoms with Crippen LogP contribution in [0.25, 0.3) is 0 Å². The van der Waals surface area contributed by atoms with Crippen LogP contribution in [-0.4, -0.2) is 15.9 Å². The van der Waals surface area contributed by atoms with Crippen molar-refractivity contribution in [3.8, 4) is 0 Å². The van der Waals surface area contributed by atoms with Crippen LogP contribution in [0.15, 0.2) is 35.3 Å². The predicted octanol–water partition coefficient (Wildman–Crippen LogP) is 1.31. The second-order valence-corrected chi connectivity index (χ2v) is 3.28. The van der Waals surface area contributed by atoms with Crippen molar-refractivity contribution in [1.82, 2.24) is 15.3 Å². The summed E-state index contributed by atoms with van der Waals surface area (Å²) in [6.45, 7) is 2.17. The van der Waals surface area contributed by atoms with E-state index in [1.807, 2.05) is 6.92 Å². The third kappa shape index (κ3) is 2.25. The van der Waals surface area contributed by atoms with Gasteiger partial charge in [-0.25, -0.2) is 4.98 Å². The molecule has 2 rings (SSSR count). The molecule has 5 nitrogen and oxygen atoms in total. The van der Waals surface area contributed by atoms with Gasteiger partial charge in [0.15, 0.2) is 6.39 Å². The van der Waals surface area contributed by atoms with Gasteiger partial charge in [0.05, 0.1) is 12.2 Å². The molecular formula is C11H11N3O2. The van der Waals surface area contributed by atoms with Gasteiger partial charge < -0.3 is 9.73 Å². The van der Waals surface area contributed by atoms with Gasteiger partial charge in [0.1, 0.15) is 5.76 Å². The van der Waals surface area contributed by atoms with Crippen LogP contribution < -0.4 is 5.32 Å². The van der Waals surface area contributed by atoms with Crippen LogP contribution in [0.2, 0.25) is 0 Å². The average molecular weight is 217 g/mol. The lowest BCUT2D eigenvalue weighted by molar-refractivity contribution is 0.0948. The highest BCUT2D eigenvalue weighted by molar-refractivity contribution is 5.93. The monoisotopic (exact) mass is 217 g/mol. The lowest BCUT2D eigenvalue weighted by Gasteiger charge is -2.02. The van der Waals surface area contributed by atoms with Gasteiger partial charge in [-0.3, -0.25) is 9.78 Å². The molecule has 0 unspecified atom stereocenters. The number of oxazole rings is 1. The Morgan fingerprint density at radius 3 is 2.81 bits per heavy atom. The Balaban J connectivity index is 1.97. The number of hydrogen-bond donors (Lipinski definition) is 1. The van der Waals surface area contributed by atoms with Gasteiger partial charge in [0.25, 0.3) is 5.91 Å².